The van der Waals surface area contributed by atoms with Gasteiger partial charge >= 0.3 is 0 Å². The van der Waals surface area contributed by atoms with Gasteiger partial charge in [0.2, 0.25) is 0 Å². The Morgan fingerprint density at radius 1 is 0.529 bits per heavy atom. The maximum atomic E-state index is 9.05. The van der Waals surface area contributed by atoms with Crippen LogP contribution in [0.5, 0.6) is 0 Å². The van der Waals surface area contributed by atoms with Crippen molar-refractivity contribution in [3.8, 4) is 11.8 Å². The summed E-state index contributed by atoms with van der Waals surface area (Å²) in [5.41, 5.74) is 5.10. The summed E-state index contributed by atoms with van der Waals surface area (Å²) >= 11 is 0. The fourth-order valence-electron chi connectivity index (χ4n) is 6.15. The molecule has 0 atom stereocenters. The van der Waals surface area contributed by atoms with Crippen molar-refractivity contribution in [1.82, 2.24) is 0 Å². The van der Waals surface area contributed by atoms with Crippen molar-refractivity contribution in [2.24, 2.45) is 11.8 Å². The van der Waals surface area contributed by atoms with Gasteiger partial charge in [0.25, 0.3) is 0 Å². The van der Waals surface area contributed by atoms with Crippen LogP contribution in [0.3, 0.4) is 0 Å². The summed E-state index contributed by atoms with van der Waals surface area (Å²) in [6.07, 6.45) is 14.6. The molecule has 2 aliphatic rings. The van der Waals surface area contributed by atoms with Gasteiger partial charge < -0.3 is 10.2 Å². The number of rotatable bonds is 8. The smallest absolute Gasteiger partial charge is 0.0431 e. The van der Waals surface area contributed by atoms with E-state index in [0.29, 0.717) is 25.0 Å². The molecule has 0 saturated heterocycles. The van der Waals surface area contributed by atoms with Crippen LogP contribution in [0.25, 0.3) is 0 Å². The summed E-state index contributed by atoms with van der Waals surface area (Å²) < 4.78 is 0. The molecule has 0 aliphatic heterocycles. The first kappa shape index (κ1) is 25.0. The highest BCUT2D eigenvalue weighted by molar-refractivity contribution is 5.44. The minimum absolute atomic E-state index is 0.334. The number of aliphatic hydroxyl groups excluding tert-OH is 2. The van der Waals surface area contributed by atoms with Gasteiger partial charge in [0.15, 0.2) is 0 Å². The lowest BCUT2D eigenvalue weighted by Crippen LogP contribution is -2.13. The van der Waals surface area contributed by atoms with Crippen molar-refractivity contribution in [2.75, 3.05) is 13.2 Å². The van der Waals surface area contributed by atoms with Crippen molar-refractivity contribution >= 4 is 0 Å². The number of aliphatic hydroxyl groups is 2. The van der Waals surface area contributed by atoms with Gasteiger partial charge in [-0.1, -0.05) is 36.1 Å². The SMILES string of the molecule is OCCC[C@H]1CC[C@H](c2ccc(C#Cc3ccc([C@H]4CC[C@H](CCCO)CC4)cc3)cc2)CC1. The van der Waals surface area contributed by atoms with E-state index in [1.54, 1.807) is 0 Å². The van der Waals surface area contributed by atoms with Crippen LogP contribution in [-0.4, -0.2) is 23.4 Å². The summed E-state index contributed by atoms with van der Waals surface area (Å²) in [7, 11) is 0. The van der Waals surface area contributed by atoms with Crippen LogP contribution in [0.15, 0.2) is 48.5 Å². The normalized spacial score (nSPS) is 24.9. The van der Waals surface area contributed by atoms with Crippen LogP contribution in [0.1, 0.15) is 111 Å². The molecule has 0 aromatic heterocycles. The topological polar surface area (TPSA) is 40.5 Å². The third-order valence-electron chi connectivity index (χ3n) is 8.35. The maximum Gasteiger partial charge on any atom is 0.0431 e. The standard InChI is InChI=1S/C32H42O2/c33-23-1-3-25-7-15-29(16-8-25)31-19-11-27(12-20-31)5-6-28-13-21-32(22-14-28)30-17-9-26(10-18-30)4-2-24-34/h11-14,19-22,25-26,29-30,33-34H,1-4,7-10,15-18,23-24H2/t25-,26-,29-,30-. The van der Waals surface area contributed by atoms with Gasteiger partial charge in [0.05, 0.1) is 0 Å². The van der Waals surface area contributed by atoms with E-state index < -0.39 is 0 Å². The quantitative estimate of drug-likeness (QED) is 0.411. The molecule has 2 fully saturated rings. The summed E-state index contributed by atoms with van der Waals surface area (Å²) in [6.45, 7) is 0.667. The van der Waals surface area contributed by atoms with E-state index in [9.17, 15) is 0 Å². The zero-order chi connectivity index (χ0) is 23.6. The summed E-state index contributed by atoms with van der Waals surface area (Å²) in [6, 6.07) is 17.9. The van der Waals surface area contributed by atoms with E-state index in [0.717, 1.165) is 35.8 Å². The molecule has 182 valence electrons. The second kappa shape index (κ2) is 13.1. The molecule has 0 unspecified atom stereocenters. The molecule has 0 spiro atoms. The Morgan fingerprint density at radius 3 is 1.21 bits per heavy atom. The van der Waals surface area contributed by atoms with E-state index in [1.807, 2.05) is 0 Å². The predicted molar refractivity (Wildman–Crippen MR) is 141 cm³/mol. The Hall–Kier alpha value is -2.08. The van der Waals surface area contributed by atoms with Gasteiger partial charge in [0.1, 0.15) is 0 Å². The van der Waals surface area contributed by atoms with Crippen molar-refractivity contribution in [3.63, 3.8) is 0 Å². The minimum Gasteiger partial charge on any atom is -0.396 e. The van der Waals surface area contributed by atoms with Crippen LogP contribution in [0.4, 0.5) is 0 Å². The van der Waals surface area contributed by atoms with Gasteiger partial charge in [0, 0.05) is 24.3 Å². The molecular weight excluding hydrogens is 416 g/mol. The van der Waals surface area contributed by atoms with Gasteiger partial charge in [-0.25, -0.2) is 0 Å². The third-order valence-corrected chi connectivity index (χ3v) is 8.35. The van der Waals surface area contributed by atoms with Gasteiger partial charge in [-0.2, -0.15) is 0 Å². The van der Waals surface area contributed by atoms with Crippen molar-refractivity contribution in [3.05, 3.63) is 70.8 Å². The summed E-state index contributed by atoms with van der Waals surface area (Å²) in [4.78, 5) is 0. The van der Waals surface area contributed by atoms with Crippen LogP contribution in [0.2, 0.25) is 0 Å². The van der Waals surface area contributed by atoms with Crippen molar-refractivity contribution in [2.45, 2.75) is 88.9 Å². The van der Waals surface area contributed by atoms with E-state index in [1.165, 1.54) is 75.3 Å². The summed E-state index contributed by atoms with van der Waals surface area (Å²) in [5, 5.41) is 18.1. The molecule has 2 heteroatoms. The highest BCUT2D eigenvalue weighted by Gasteiger charge is 2.23. The molecule has 2 nitrogen and oxygen atoms in total. The van der Waals surface area contributed by atoms with E-state index in [-0.39, 0.29) is 0 Å². The molecule has 4 rings (SSSR count). The molecule has 0 heterocycles. The van der Waals surface area contributed by atoms with E-state index >= 15 is 0 Å². The Labute approximate surface area is 206 Å². The van der Waals surface area contributed by atoms with Gasteiger partial charge in [-0.3, -0.25) is 0 Å². The van der Waals surface area contributed by atoms with Gasteiger partial charge in [-0.15, -0.1) is 0 Å². The first-order chi connectivity index (χ1) is 16.7. The lowest BCUT2D eigenvalue weighted by molar-refractivity contribution is 0.246. The first-order valence-electron chi connectivity index (χ1n) is 13.7. The fraction of sp³-hybridized carbons (Fsp3) is 0.562. The minimum atomic E-state index is 0.334. The number of benzene rings is 2. The number of hydrogen-bond acceptors (Lipinski definition) is 2. The van der Waals surface area contributed by atoms with Crippen LogP contribution < -0.4 is 0 Å². The zero-order valence-electron chi connectivity index (χ0n) is 20.7. The highest BCUT2D eigenvalue weighted by Crippen LogP contribution is 2.38. The van der Waals surface area contributed by atoms with E-state index in [4.69, 9.17) is 10.2 Å². The molecule has 2 saturated carbocycles. The largest absolute Gasteiger partial charge is 0.396 e. The second-order valence-corrected chi connectivity index (χ2v) is 10.7. The molecule has 0 bridgehead atoms. The Balaban J connectivity index is 1.26. The Bertz CT molecular complexity index is 827. The molecule has 2 aromatic carbocycles. The summed E-state index contributed by atoms with van der Waals surface area (Å²) in [5.74, 6) is 9.70. The third kappa shape index (κ3) is 7.21. The van der Waals surface area contributed by atoms with Crippen LogP contribution >= 0.6 is 0 Å². The lowest BCUT2D eigenvalue weighted by Gasteiger charge is -2.28. The van der Waals surface area contributed by atoms with Crippen molar-refractivity contribution in [1.29, 1.82) is 0 Å². The predicted octanol–water partition coefficient (Wildman–Crippen LogP) is 7.18. The zero-order valence-corrected chi connectivity index (χ0v) is 20.7. The highest BCUT2D eigenvalue weighted by atomic mass is 16.3. The van der Waals surface area contributed by atoms with Gasteiger partial charge in [-0.05, 0) is 136 Å². The van der Waals surface area contributed by atoms with Crippen LogP contribution in [-0.2, 0) is 0 Å². The molecule has 0 radical (unpaired) electrons. The maximum absolute atomic E-state index is 9.05. The molecule has 2 aromatic rings. The molecule has 0 amide bonds. The van der Waals surface area contributed by atoms with E-state index in [2.05, 4.69) is 60.4 Å². The molecule has 34 heavy (non-hydrogen) atoms. The van der Waals surface area contributed by atoms with Crippen LogP contribution in [0, 0.1) is 23.7 Å². The molecular formula is C32H42O2. The second-order valence-electron chi connectivity index (χ2n) is 10.7. The number of hydrogen-bond donors (Lipinski definition) is 2. The molecule has 2 aliphatic carbocycles. The Kier molecular flexibility index (Phi) is 9.66. The monoisotopic (exact) mass is 458 g/mol. The first-order valence-corrected chi connectivity index (χ1v) is 13.7. The Morgan fingerprint density at radius 2 is 0.882 bits per heavy atom. The lowest BCUT2D eigenvalue weighted by atomic mass is 9.77. The molecule has 2 N–H and O–H groups in total. The van der Waals surface area contributed by atoms with Crippen molar-refractivity contribution < 1.29 is 10.2 Å². The average molecular weight is 459 g/mol. The fourth-order valence-corrected chi connectivity index (χ4v) is 6.15. The average Bonchev–Trinajstić information content (AvgIpc) is 2.91.